The Hall–Kier alpha value is -0.920. The van der Waals surface area contributed by atoms with Crippen LogP contribution in [-0.4, -0.2) is 6.61 Å². The van der Waals surface area contributed by atoms with Gasteiger partial charge in [0.2, 0.25) is 0 Å². The number of para-hydroxylation sites is 1. The Labute approximate surface area is 168 Å². The lowest BCUT2D eigenvalue weighted by Crippen LogP contribution is -2.06. The number of hydrogen-bond donors (Lipinski definition) is 0. The molecule has 0 aromatic heterocycles. The quantitative estimate of drug-likeness (QED) is 0.197. The summed E-state index contributed by atoms with van der Waals surface area (Å²) in [6, 6.07) is 7.94. The van der Waals surface area contributed by atoms with Crippen molar-refractivity contribution in [3.63, 3.8) is 0 Å². The molecule has 3 nitrogen and oxygen atoms in total. The fourth-order valence-corrected chi connectivity index (χ4v) is 3.97. The molecule has 0 radical (unpaired) electrons. The maximum absolute atomic E-state index is 12.2. The maximum atomic E-state index is 12.2. The second-order valence-electron chi connectivity index (χ2n) is 7.51. The van der Waals surface area contributed by atoms with Crippen molar-refractivity contribution in [2.45, 2.75) is 97.8 Å². The van der Waals surface area contributed by atoms with E-state index >= 15 is 0 Å². The molecule has 0 N–H and O–H groups in total. The lowest BCUT2D eigenvalue weighted by molar-refractivity contribution is 0.221. The van der Waals surface area contributed by atoms with Crippen molar-refractivity contribution >= 4 is 8.25 Å². The molecule has 0 amide bonds. The van der Waals surface area contributed by atoms with Crippen LogP contribution >= 0.6 is 8.25 Å². The van der Waals surface area contributed by atoms with Crippen LogP contribution < -0.4 is 4.52 Å². The monoisotopic (exact) mass is 395 g/mol. The number of hydrogen-bond acceptors (Lipinski definition) is 3. The number of unbranched alkanes of at least 4 members (excludes halogenated alkanes) is 7. The van der Waals surface area contributed by atoms with Crippen molar-refractivity contribution < 1.29 is 13.6 Å². The van der Waals surface area contributed by atoms with E-state index in [0.717, 1.165) is 31.2 Å². The molecule has 27 heavy (non-hydrogen) atoms. The van der Waals surface area contributed by atoms with Gasteiger partial charge in [0.25, 0.3) is 0 Å². The second kappa shape index (κ2) is 16.1. The molecule has 0 aliphatic rings. The normalized spacial score (nSPS) is 12.8. The first-order valence-electron chi connectivity index (χ1n) is 11.1. The third-order valence-corrected chi connectivity index (χ3v) is 5.86. The van der Waals surface area contributed by atoms with Crippen molar-refractivity contribution in [1.82, 2.24) is 0 Å². The molecule has 0 heterocycles. The molecule has 1 aromatic carbocycles. The zero-order valence-corrected chi connectivity index (χ0v) is 18.6. The SMILES string of the molecule is CCCCCCCCCc1ccccc1O[P+](=O)OCC(CC)CCCC. The largest absolute Gasteiger partial charge is 0.750 e. The summed E-state index contributed by atoms with van der Waals surface area (Å²) >= 11 is 0. The zero-order valence-electron chi connectivity index (χ0n) is 17.8. The third-order valence-electron chi connectivity index (χ3n) is 5.15. The van der Waals surface area contributed by atoms with Crippen LogP contribution in [0, 0.1) is 5.92 Å². The van der Waals surface area contributed by atoms with E-state index in [2.05, 4.69) is 26.8 Å². The minimum atomic E-state index is -2.10. The highest BCUT2D eigenvalue weighted by Gasteiger charge is 2.25. The van der Waals surface area contributed by atoms with Gasteiger partial charge in [-0.15, -0.1) is 4.52 Å². The van der Waals surface area contributed by atoms with E-state index < -0.39 is 8.25 Å². The first kappa shape index (κ1) is 24.1. The van der Waals surface area contributed by atoms with Gasteiger partial charge in [-0.3, -0.25) is 0 Å². The van der Waals surface area contributed by atoms with Gasteiger partial charge in [0.1, 0.15) is 6.61 Å². The summed E-state index contributed by atoms with van der Waals surface area (Å²) < 4.78 is 23.4. The number of rotatable bonds is 17. The highest BCUT2D eigenvalue weighted by molar-refractivity contribution is 7.33. The first-order chi connectivity index (χ1) is 13.2. The summed E-state index contributed by atoms with van der Waals surface area (Å²) in [7, 11) is -2.10. The lowest BCUT2D eigenvalue weighted by Gasteiger charge is -2.09. The van der Waals surface area contributed by atoms with E-state index in [9.17, 15) is 4.57 Å². The molecule has 0 bridgehead atoms. The maximum Gasteiger partial charge on any atom is 0.750 e. The van der Waals surface area contributed by atoms with Crippen molar-refractivity contribution in [3.8, 4) is 5.75 Å². The Kier molecular flexibility index (Phi) is 14.4. The summed E-state index contributed by atoms with van der Waals surface area (Å²) in [6.07, 6.45) is 14.6. The second-order valence-corrected chi connectivity index (χ2v) is 8.39. The standard InChI is InChI=1S/C23H40O3P/c1-4-7-9-10-11-12-13-17-22-18-14-15-19-23(22)26-27(24)25-20-21(6-3)16-8-5-2/h14-15,18-19,21H,4-13,16-17,20H2,1-3H3/q+1. The van der Waals surface area contributed by atoms with E-state index in [4.69, 9.17) is 9.05 Å². The Balaban J connectivity index is 2.36. The topological polar surface area (TPSA) is 35.5 Å². The molecule has 154 valence electrons. The van der Waals surface area contributed by atoms with Crippen LogP contribution in [0.2, 0.25) is 0 Å². The highest BCUT2D eigenvalue weighted by Crippen LogP contribution is 2.32. The molecule has 2 atom stereocenters. The average Bonchev–Trinajstić information content (AvgIpc) is 2.68. The molecular formula is C23H40O3P+. The fourth-order valence-electron chi connectivity index (χ4n) is 3.24. The van der Waals surface area contributed by atoms with E-state index in [1.807, 2.05) is 18.2 Å². The molecule has 4 heteroatoms. The third kappa shape index (κ3) is 11.5. The lowest BCUT2D eigenvalue weighted by atomic mass is 10.0. The van der Waals surface area contributed by atoms with Gasteiger partial charge in [-0.25, -0.2) is 4.52 Å². The molecule has 1 rings (SSSR count). The minimum absolute atomic E-state index is 0.468. The summed E-state index contributed by atoms with van der Waals surface area (Å²) in [5.41, 5.74) is 1.14. The van der Waals surface area contributed by atoms with Crippen LogP contribution in [0.5, 0.6) is 5.75 Å². The van der Waals surface area contributed by atoms with Crippen molar-refractivity contribution in [3.05, 3.63) is 29.8 Å². The molecule has 0 saturated carbocycles. The smallest absolute Gasteiger partial charge is 0.229 e. The summed E-state index contributed by atoms with van der Waals surface area (Å²) in [5.74, 6) is 1.18. The summed E-state index contributed by atoms with van der Waals surface area (Å²) in [5, 5.41) is 0. The van der Waals surface area contributed by atoms with Gasteiger partial charge in [0, 0.05) is 10.1 Å². The molecule has 0 aliphatic carbocycles. The van der Waals surface area contributed by atoms with Gasteiger partial charge in [-0.05, 0) is 31.2 Å². The van der Waals surface area contributed by atoms with Gasteiger partial charge in [0.05, 0.1) is 0 Å². The average molecular weight is 396 g/mol. The predicted molar refractivity (Wildman–Crippen MR) is 116 cm³/mol. The van der Waals surface area contributed by atoms with E-state index in [1.165, 1.54) is 51.4 Å². The van der Waals surface area contributed by atoms with Gasteiger partial charge in [0.15, 0.2) is 5.75 Å². The molecule has 0 saturated heterocycles. The number of aryl methyl sites for hydroxylation is 1. The molecule has 0 fully saturated rings. The van der Waals surface area contributed by atoms with Crippen LogP contribution in [-0.2, 0) is 15.5 Å². The molecule has 2 unspecified atom stereocenters. The predicted octanol–water partition coefficient (Wildman–Crippen LogP) is 8.25. The van der Waals surface area contributed by atoms with E-state index in [0.29, 0.717) is 18.3 Å². The van der Waals surface area contributed by atoms with Crippen LogP contribution in [0.4, 0.5) is 0 Å². The van der Waals surface area contributed by atoms with Crippen LogP contribution in [0.1, 0.15) is 97.0 Å². The van der Waals surface area contributed by atoms with Crippen molar-refractivity contribution in [1.29, 1.82) is 0 Å². The summed E-state index contributed by atoms with van der Waals surface area (Å²) in [4.78, 5) is 0. The Morgan fingerprint density at radius 1 is 0.889 bits per heavy atom. The van der Waals surface area contributed by atoms with Crippen molar-refractivity contribution in [2.75, 3.05) is 6.61 Å². The van der Waals surface area contributed by atoms with Gasteiger partial charge < -0.3 is 0 Å². The van der Waals surface area contributed by atoms with Gasteiger partial charge >= 0.3 is 8.25 Å². The van der Waals surface area contributed by atoms with E-state index in [-0.39, 0.29) is 0 Å². The van der Waals surface area contributed by atoms with Gasteiger partial charge in [-0.2, -0.15) is 0 Å². The van der Waals surface area contributed by atoms with Crippen molar-refractivity contribution in [2.24, 2.45) is 5.92 Å². The molecule has 0 aliphatic heterocycles. The van der Waals surface area contributed by atoms with Gasteiger partial charge in [-0.1, -0.05) is 96.8 Å². The number of benzene rings is 1. The zero-order chi connectivity index (χ0) is 19.7. The Morgan fingerprint density at radius 3 is 2.26 bits per heavy atom. The first-order valence-corrected chi connectivity index (χ1v) is 12.2. The summed E-state index contributed by atoms with van der Waals surface area (Å²) in [6.45, 7) is 7.12. The van der Waals surface area contributed by atoms with Crippen LogP contribution in [0.3, 0.4) is 0 Å². The Bertz CT molecular complexity index is 504. The van der Waals surface area contributed by atoms with Crippen LogP contribution in [0.15, 0.2) is 24.3 Å². The Morgan fingerprint density at radius 2 is 1.56 bits per heavy atom. The minimum Gasteiger partial charge on any atom is -0.229 e. The molecule has 0 spiro atoms. The molecule has 1 aromatic rings. The van der Waals surface area contributed by atoms with E-state index in [1.54, 1.807) is 0 Å². The fraction of sp³-hybridized carbons (Fsp3) is 0.739. The highest BCUT2D eigenvalue weighted by atomic mass is 31.1. The molecular weight excluding hydrogens is 355 g/mol. The van der Waals surface area contributed by atoms with Crippen LogP contribution in [0.25, 0.3) is 0 Å².